The van der Waals surface area contributed by atoms with Gasteiger partial charge in [-0.1, -0.05) is 6.07 Å². The van der Waals surface area contributed by atoms with Gasteiger partial charge < -0.3 is 15.2 Å². The van der Waals surface area contributed by atoms with Gasteiger partial charge in [-0.2, -0.15) is 0 Å². The summed E-state index contributed by atoms with van der Waals surface area (Å²) >= 11 is 0. The molecule has 5 nitrogen and oxygen atoms in total. The van der Waals surface area contributed by atoms with Crippen molar-refractivity contribution in [1.82, 2.24) is 0 Å². The molecular weight excluding hydrogens is 254 g/mol. The summed E-state index contributed by atoms with van der Waals surface area (Å²) in [6.07, 6.45) is 0.976. The van der Waals surface area contributed by atoms with Crippen LogP contribution >= 0.6 is 0 Å². The standard InChI is InChI=1S/C12H19NO4S/c1-4-17-12-7-9(5-6-11(12)16-2)10(13)8-18(3,14)15/h5-7,10H,4,8,13H2,1-3H3/i1D3,2D3,4D2. The Kier molecular flexibility index (Phi) is 2.28. The fraction of sp³-hybridized carbons (Fsp3) is 0.500. The predicted octanol–water partition coefficient (Wildman–Crippen LogP) is 1.14. The fourth-order valence-electron chi connectivity index (χ4n) is 1.40. The molecule has 0 aliphatic carbocycles. The second-order valence-corrected chi connectivity index (χ2v) is 5.90. The van der Waals surface area contributed by atoms with E-state index < -0.39 is 53.6 Å². The van der Waals surface area contributed by atoms with Crippen molar-refractivity contribution in [3.63, 3.8) is 0 Å². The molecule has 0 aliphatic rings. The number of benzene rings is 1. The van der Waals surface area contributed by atoms with Crippen LogP contribution in [0.4, 0.5) is 0 Å². The van der Waals surface area contributed by atoms with Crippen LogP contribution < -0.4 is 15.2 Å². The van der Waals surface area contributed by atoms with Crippen LogP contribution in [-0.4, -0.2) is 34.0 Å². The van der Waals surface area contributed by atoms with E-state index in [0.717, 1.165) is 18.4 Å². The molecule has 0 saturated carbocycles. The third-order valence-corrected chi connectivity index (χ3v) is 3.11. The van der Waals surface area contributed by atoms with E-state index in [9.17, 15) is 8.42 Å². The predicted molar refractivity (Wildman–Crippen MR) is 70.8 cm³/mol. The van der Waals surface area contributed by atoms with Crippen molar-refractivity contribution in [2.24, 2.45) is 5.73 Å². The number of methoxy groups -OCH3 is 1. The molecule has 1 unspecified atom stereocenters. The molecule has 102 valence electrons. The summed E-state index contributed by atoms with van der Waals surface area (Å²) in [6, 6.07) is 2.41. The fourth-order valence-corrected chi connectivity index (χ4v) is 2.24. The van der Waals surface area contributed by atoms with Gasteiger partial charge in [-0.3, -0.25) is 0 Å². The highest BCUT2D eigenvalue weighted by Gasteiger charge is 2.15. The molecule has 0 aliphatic heterocycles. The van der Waals surface area contributed by atoms with Crippen molar-refractivity contribution in [2.75, 3.05) is 25.6 Å². The molecule has 1 aromatic rings. The first-order valence-corrected chi connectivity index (χ1v) is 6.93. The molecule has 1 rings (SSSR count). The maximum atomic E-state index is 11.4. The third kappa shape index (κ3) is 4.19. The molecule has 2 N–H and O–H groups in total. The third-order valence-electron chi connectivity index (χ3n) is 2.15. The first-order valence-electron chi connectivity index (χ1n) is 8.87. The molecule has 1 atom stereocenters. The van der Waals surface area contributed by atoms with Crippen LogP contribution in [0.3, 0.4) is 0 Å². The smallest absolute Gasteiger partial charge is 0.161 e. The zero-order chi connectivity index (χ0) is 20.6. The van der Waals surface area contributed by atoms with E-state index in [0.29, 0.717) is 0 Å². The van der Waals surface area contributed by atoms with Crippen LogP contribution in [0.15, 0.2) is 18.2 Å². The van der Waals surface area contributed by atoms with E-state index in [1.807, 2.05) is 0 Å². The van der Waals surface area contributed by atoms with Gasteiger partial charge in [0.25, 0.3) is 0 Å². The van der Waals surface area contributed by atoms with Crippen LogP contribution in [0, 0.1) is 0 Å². The van der Waals surface area contributed by atoms with E-state index in [1.165, 1.54) is 6.07 Å². The van der Waals surface area contributed by atoms with Gasteiger partial charge in [0, 0.05) is 16.4 Å². The molecule has 0 amide bonds. The van der Waals surface area contributed by atoms with E-state index in [2.05, 4.69) is 0 Å². The van der Waals surface area contributed by atoms with Crippen molar-refractivity contribution in [2.45, 2.75) is 12.9 Å². The summed E-state index contributed by atoms with van der Waals surface area (Å²) in [4.78, 5) is 0. The van der Waals surface area contributed by atoms with Crippen molar-refractivity contribution >= 4 is 9.84 Å². The minimum absolute atomic E-state index is 0.171. The van der Waals surface area contributed by atoms with Gasteiger partial charge in [0.05, 0.1) is 26.2 Å². The molecule has 0 bridgehead atoms. The maximum Gasteiger partial charge on any atom is 0.161 e. The normalized spacial score (nSPS) is 21.9. The van der Waals surface area contributed by atoms with E-state index in [1.54, 1.807) is 0 Å². The van der Waals surface area contributed by atoms with Gasteiger partial charge in [-0.05, 0) is 24.5 Å². The van der Waals surface area contributed by atoms with Gasteiger partial charge in [-0.25, -0.2) is 8.42 Å². The Bertz CT molecular complexity index is 745. The SMILES string of the molecule is [2H]C([2H])([2H])Oc1ccc(C(N)CS(C)(=O)=O)cc1OC([2H])([2H])C([2H])([2H])[2H]. The van der Waals surface area contributed by atoms with Crippen LogP contribution in [0.2, 0.25) is 0 Å². The lowest BCUT2D eigenvalue weighted by atomic mass is 10.1. The lowest BCUT2D eigenvalue weighted by Crippen LogP contribution is -2.20. The molecular formula is C12H19NO4S. The van der Waals surface area contributed by atoms with E-state index in [-0.39, 0.29) is 5.56 Å². The lowest BCUT2D eigenvalue weighted by molar-refractivity contribution is 0.310. The topological polar surface area (TPSA) is 78.6 Å². The number of hydrogen-bond acceptors (Lipinski definition) is 5. The van der Waals surface area contributed by atoms with Crippen LogP contribution in [-0.2, 0) is 9.84 Å². The zero-order valence-corrected chi connectivity index (χ0v) is 10.5. The first kappa shape index (κ1) is 6.77. The second kappa shape index (κ2) is 6.06. The molecule has 0 radical (unpaired) electrons. The van der Waals surface area contributed by atoms with Gasteiger partial charge in [0.1, 0.15) is 9.84 Å². The Balaban J connectivity index is 3.34. The molecule has 0 heterocycles. The molecule has 0 saturated heterocycles. The summed E-state index contributed by atoms with van der Waals surface area (Å²) in [7, 11) is -6.33. The molecule has 0 spiro atoms. The molecule has 1 aromatic carbocycles. The van der Waals surface area contributed by atoms with Crippen LogP contribution in [0.25, 0.3) is 0 Å². The lowest BCUT2D eigenvalue weighted by Gasteiger charge is -2.15. The molecule has 6 heteroatoms. The second-order valence-electron chi connectivity index (χ2n) is 3.71. The Labute approximate surface area is 119 Å². The van der Waals surface area contributed by atoms with Crippen LogP contribution in [0.1, 0.15) is 29.4 Å². The number of sulfone groups is 1. The summed E-state index contributed by atoms with van der Waals surface area (Å²) in [6.45, 7) is -6.32. The first-order chi connectivity index (χ1) is 11.4. The van der Waals surface area contributed by atoms with E-state index >= 15 is 0 Å². The summed E-state index contributed by atoms with van der Waals surface area (Å²) in [5.41, 5.74) is 5.96. The number of ether oxygens (including phenoxy) is 2. The molecule has 0 fully saturated rings. The average Bonchev–Trinajstić information content (AvgIpc) is 2.35. The van der Waals surface area contributed by atoms with Crippen molar-refractivity contribution < 1.29 is 28.9 Å². The van der Waals surface area contributed by atoms with Gasteiger partial charge in [0.15, 0.2) is 11.5 Å². The maximum absolute atomic E-state index is 11.4. The number of hydrogen-bond donors (Lipinski definition) is 1. The van der Waals surface area contributed by atoms with Gasteiger partial charge >= 0.3 is 0 Å². The zero-order valence-electron chi connectivity index (χ0n) is 17.6. The highest BCUT2D eigenvalue weighted by atomic mass is 32.2. The Morgan fingerprint density at radius 2 is 2.28 bits per heavy atom. The molecule has 0 aromatic heterocycles. The van der Waals surface area contributed by atoms with Gasteiger partial charge in [-0.15, -0.1) is 0 Å². The Morgan fingerprint density at radius 3 is 2.89 bits per heavy atom. The summed E-state index contributed by atoms with van der Waals surface area (Å²) in [5, 5.41) is 0. The summed E-state index contributed by atoms with van der Waals surface area (Å²) < 4.78 is 90.2. The minimum Gasteiger partial charge on any atom is -0.493 e. The quantitative estimate of drug-likeness (QED) is 0.846. The van der Waals surface area contributed by atoms with E-state index in [4.69, 9.17) is 26.2 Å². The number of rotatable bonds is 6. The number of nitrogens with two attached hydrogens (primary N) is 1. The van der Waals surface area contributed by atoms with Crippen LogP contribution in [0.5, 0.6) is 11.5 Å². The van der Waals surface area contributed by atoms with Gasteiger partial charge in [0.2, 0.25) is 0 Å². The van der Waals surface area contributed by atoms with Crippen molar-refractivity contribution in [3.8, 4) is 11.5 Å². The largest absolute Gasteiger partial charge is 0.493 e. The monoisotopic (exact) mass is 281 g/mol. The highest BCUT2D eigenvalue weighted by Crippen LogP contribution is 2.30. The van der Waals surface area contributed by atoms with Crippen molar-refractivity contribution in [1.29, 1.82) is 0 Å². The highest BCUT2D eigenvalue weighted by molar-refractivity contribution is 7.90. The Morgan fingerprint density at radius 1 is 1.50 bits per heavy atom. The summed E-state index contributed by atoms with van der Waals surface area (Å²) in [5.74, 6) is -1.39. The Hall–Kier alpha value is -1.27. The minimum atomic E-state index is -3.43. The average molecular weight is 281 g/mol. The molecule has 18 heavy (non-hydrogen) atoms. The van der Waals surface area contributed by atoms with Crippen molar-refractivity contribution in [3.05, 3.63) is 23.8 Å².